The summed E-state index contributed by atoms with van der Waals surface area (Å²) in [6.07, 6.45) is -1.67. The Bertz CT molecular complexity index is 369. The Morgan fingerprint density at radius 3 is 2.80 bits per heavy atom. The number of rotatable bonds is 3. The normalized spacial score (nSPS) is 10.5. The van der Waals surface area contributed by atoms with Gasteiger partial charge in [0.2, 0.25) is 0 Å². The summed E-state index contributed by atoms with van der Waals surface area (Å²) in [5.41, 5.74) is 5.21. The maximum atomic E-state index is 12.3. The minimum Gasteiger partial charge on any atom is -0.465 e. The smallest absolute Gasteiger partial charge is 0.339 e. The van der Waals surface area contributed by atoms with Gasteiger partial charge in [0.25, 0.3) is 6.43 Å². The highest BCUT2D eigenvalue weighted by molar-refractivity contribution is 5.90. The monoisotopic (exact) mass is 216 g/mol. The number of pyridine rings is 1. The molecule has 1 aromatic rings. The standard InChI is InChI=1S/C9H10F2N2O2/c1-15-9(14)6-2-5(8(10)11)4-13-7(6)3-12/h2,4,8H,3,12H2,1H3. The van der Waals surface area contributed by atoms with E-state index >= 15 is 0 Å². The molecule has 0 amide bonds. The Morgan fingerprint density at radius 2 is 2.33 bits per heavy atom. The van der Waals surface area contributed by atoms with Gasteiger partial charge in [0, 0.05) is 18.3 Å². The van der Waals surface area contributed by atoms with Crippen LogP contribution < -0.4 is 5.73 Å². The van der Waals surface area contributed by atoms with Crippen molar-refractivity contribution >= 4 is 5.97 Å². The third-order valence-electron chi connectivity index (χ3n) is 1.84. The molecule has 0 bridgehead atoms. The molecule has 0 unspecified atom stereocenters. The van der Waals surface area contributed by atoms with Crippen molar-refractivity contribution in [2.45, 2.75) is 13.0 Å². The fraction of sp³-hybridized carbons (Fsp3) is 0.333. The number of nitrogens with two attached hydrogens (primary N) is 1. The van der Waals surface area contributed by atoms with E-state index in [0.29, 0.717) is 0 Å². The molecule has 0 radical (unpaired) electrons. The summed E-state index contributed by atoms with van der Waals surface area (Å²) in [6, 6.07) is 1.05. The third-order valence-corrected chi connectivity index (χ3v) is 1.84. The maximum Gasteiger partial charge on any atom is 0.339 e. The summed E-state index contributed by atoms with van der Waals surface area (Å²) in [5, 5.41) is 0. The summed E-state index contributed by atoms with van der Waals surface area (Å²) in [7, 11) is 1.16. The molecular formula is C9H10F2N2O2. The number of halogens is 2. The molecular weight excluding hydrogens is 206 g/mol. The van der Waals surface area contributed by atoms with Gasteiger partial charge in [-0.05, 0) is 6.07 Å². The van der Waals surface area contributed by atoms with Crippen molar-refractivity contribution in [3.63, 3.8) is 0 Å². The summed E-state index contributed by atoms with van der Waals surface area (Å²) >= 11 is 0. The molecule has 2 N–H and O–H groups in total. The van der Waals surface area contributed by atoms with Gasteiger partial charge in [0.15, 0.2) is 0 Å². The first kappa shape index (κ1) is 11.5. The third kappa shape index (κ3) is 2.47. The molecule has 0 aliphatic carbocycles. The van der Waals surface area contributed by atoms with E-state index in [1.807, 2.05) is 0 Å². The second-order valence-electron chi connectivity index (χ2n) is 2.76. The van der Waals surface area contributed by atoms with Gasteiger partial charge in [-0.2, -0.15) is 0 Å². The largest absolute Gasteiger partial charge is 0.465 e. The first-order valence-electron chi connectivity index (χ1n) is 4.15. The van der Waals surface area contributed by atoms with Crippen molar-refractivity contribution in [2.75, 3.05) is 7.11 Å². The molecule has 1 rings (SSSR count). The Hall–Kier alpha value is -1.56. The number of esters is 1. The average molecular weight is 216 g/mol. The molecule has 0 aromatic carbocycles. The minimum absolute atomic E-state index is 0.00600. The van der Waals surface area contributed by atoms with Crippen molar-refractivity contribution < 1.29 is 18.3 Å². The zero-order valence-electron chi connectivity index (χ0n) is 8.04. The number of hydrogen-bond donors (Lipinski definition) is 1. The van der Waals surface area contributed by atoms with Crippen LogP contribution in [0.25, 0.3) is 0 Å². The number of methoxy groups -OCH3 is 1. The molecule has 0 spiro atoms. The predicted octanol–water partition coefficient (Wildman–Crippen LogP) is 1.26. The Kier molecular flexibility index (Phi) is 3.68. The Morgan fingerprint density at radius 1 is 1.67 bits per heavy atom. The van der Waals surface area contributed by atoms with E-state index in [1.165, 1.54) is 0 Å². The second-order valence-corrected chi connectivity index (χ2v) is 2.76. The Balaban J connectivity index is 3.19. The van der Waals surface area contributed by atoms with Crippen molar-refractivity contribution in [3.05, 3.63) is 29.1 Å². The van der Waals surface area contributed by atoms with Crippen LogP contribution in [0.3, 0.4) is 0 Å². The van der Waals surface area contributed by atoms with E-state index in [9.17, 15) is 13.6 Å². The maximum absolute atomic E-state index is 12.3. The minimum atomic E-state index is -2.67. The van der Waals surface area contributed by atoms with Gasteiger partial charge < -0.3 is 10.5 Å². The quantitative estimate of drug-likeness (QED) is 0.772. The van der Waals surface area contributed by atoms with Crippen molar-refractivity contribution in [1.29, 1.82) is 0 Å². The van der Waals surface area contributed by atoms with Crippen LogP contribution in [-0.4, -0.2) is 18.1 Å². The van der Waals surface area contributed by atoms with Gasteiger partial charge in [-0.3, -0.25) is 4.98 Å². The van der Waals surface area contributed by atoms with Crippen LogP contribution in [-0.2, 0) is 11.3 Å². The van der Waals surface area contributed by atoms with Crippen LogP contribution in [0.2, 0.25) is 0 Å². The van der Waals surface area contributed by atoms with E-state index in [0.717, 1.165) is 19.4 Å². The highest BCUT2D eigenvalue weighted by Gasteiger charge is 2.16. The van der Waals surface area contributed by atoms with Gasteiger partial charge in [0.05, 0.1) is 18.4 Å². The molecule has 6 heteroatoms. The van der Waals surface area contributed by atoms with Gasteiger partial charge in [-0.25, -0.2) is 13.6 Å². The zero-order valence-corrected chi connectivity index (χ0v) is 8.04. The molecule has 82 valence electrons. The van der Waals surface area contributed by atoms with Crippen LogP contribution in [0.4, 0.5) is 8.78 Å². The first-order chi connectivity index (χ1) is 7.10. The zero-order chi connectivity index (χ0) is 11.4. The summed E-state index contributed by atoms with van der Waals surface area (Å²) in [5.74, 6) is -0.717. The molecule has 1 aromatic heterocycles. The SMILES string of the molecule is COC(=O)c1cc(C(F)F)cnc1CN. The fourth-order valence-corrected chi connectivity index (χ4v) is 1.08. The van der Waals surface area contributed by atoms with Crippen molar-refractivity contribution in [2.24, 2.45) is 5.73 Å². The fourth-order valence-electron chi connectivity index (χ4n) is 1.08. The van der Waals surface area contributed by atoms with Crippen molar-refractivity contribution in [3.8, 4) is 0 Å². The average Bonchev–Trinajstić information content (AvgIpc) is 2.27. The predicted molar refractivity (Wildman–Crippen MR) is 48.4 cm³/mol. The van der Waals surface area contributed by atoms with Gasteiger partial charge in [-0.15, -0.1) is 0 Å². The Labute approximate surface area is 85.1 Å². The van der Waals surface area contributed by atoms with Crippen LogP contribution >= 0.6 is 0 Å². The lowest BCUT2D eigenvalue weighted by molar-refractivity contribution is 0.0598. The highest BCUT2D eigenvalue weighted by Crippen LogP contribution is 2.20. The molecule has 15 heavy (non-hydrogen) atoms. The van der Waals surface area contributed by atoms with E-state index in [4.69, 9.17) is 5.73 Å². The lowest BCUT2D eigenvalue weighted by Crippen LogP contribution is -2.12. The van der Waals surface area contributed by atoms with Crippen LogP contribution in [0.1, 0.15) is 28.0 Å². The van der Waals surface area contributed by atoms with E-state index in [2.05, 4.69) is 9.72 Å². The molecule has 1 heterocycles. The van der Waals surface area contributed by atoms with Crippen LogP contribution in [0, 0.1) is 0 Å². The van der Waals surface area contributed by atoms with E-state index in [-0.39, 0.29) is 23.4 Å². The number of hydrogen-bond acceptors (Lipinski definition) is 4. The van der Waals surface area contributed by atoms with Crippen LogP contribution in [0.5, 0.6) is 0 Å². The van der Waals surface area contributed by atoms with Gasteiger partial charge >= 0.3 is 5.97 Å². The lowest BCUT2D eigenvalue weighted by atomic mass is 10.1. The number of ether oxygens (including phenoxy) is 1. The molecule has 0 fully saturated rings. The number of aromatic nitrogens is 1. The summed E-state index contributed by atoms with van der Waals surface area (Å²) in [4.78, 5) is 14.9. The van der Waals surface area contributed by atoms with E-state index < -0.39 is 12.4 Å². The first-order valence-corrected chi connectivity index (χ1v) is 4.15. The van der Waals surface area contributed by atoms with E-state index in [1.54, 1.807) is 0 Å². The molecule has 0 aliphatic rings. The molecule has 0 atom stereocenters. The topological polar surface area (TPSA) is 65.2 Å². The van der Waals surface area contributed by atoms with Crippen LogP contribution in [0.15, 0.2) is 12.3 Å². The highest BCUT2D eigenvalue weighted by atomic mass is 19.3. The number of alkyl halides is 2. The lowest BCUT2D eigenvalue weighted by Gasteiger charge is -2.07. The number of nitrogens with zero attached hydrogens (tertiary/aromatic N) is 1. The number of carbonyl (C=O) groups excluding carboxylic acids is 1. The number of carbonyl (C=O) groups is 1. The van der Waals surface area contributed by atoms with Gasteiger partial charge in [0.1, 0.15) is 0 Å². The molecule has 0 saturated heterocycles. The molecule has 0 saturated carbocycles. The molecule has 0 aliphatic heterocycles. The second kappa shape index (κ2) is 4.79. The molecule has 4 nitrogen and oxygen atoms in total. The van der Waals surface area contributed by atoms with Crippen molar-refractivity contribution in [1.82, 2.24) is 4.98 Å². The van der Waals surface area contributed by atoms with Gasteiger partial charge in [-0.1, -0.05) is 0 Å². The summed E-state index contributed by atoms with van der Waals surface area (Å²) in [6.45, 7) is -0.00600. The summed E-state index contributed by atoms with van der Waals surface area (Å²) < 4.78 is 29.1.